The first-order valence-electron chi connectivity index (χ1n) is 5.72. The molecule has 1 aromatic rings. The molecular formula is C12H17N3O2. The molecule has 0 radical (unpaired) electrons. The number of hydrogen-bond acceptors (Lipinski definition) is 4. The Labute approximate surface area is 101 Å². The van der Waals surface area contributed by atoms with E-state index in [0.29, 0.717) is 25.4 Å². The Morgan fingerprint density at radius 1 is 1.29 bits per heavy atom. The molecule has 1 heterocycles. The summed E-state index contributed by atoms with van der Waals surface area (Å²) in [6.45, 7) is 3.37. The van der Waals surface area contributed by atoms with Gasteiger partial charge in [-0.05, 0) is 17.7 Å². The first kappa shape index (κ1) is 11.7. The number of nitrogen functional groups attached to an aromatic ring is 1. The maximum absolute atomic E-state index is 11.7. The molecule has 0 aliphatic carbocycles. The van der Waals surface area contributed by atoms with Crippen LogP contribution in [0.25, 0.3) is 0 Å². The second kappa shape index (κ2) is 5.54. The van der Waals surface area contributed by atoms with Crippen molar-refractivity contribution in [3.05, 3.63) is 29.8 Å². The molecule has 1 amide bonds. The molecule has 0 bridgehead atoms. The molecule has 5 nitrogen and oxygen atoms in total. The third-order valence-electron chi connectivity index (χ3n) is 2.72. The molecule has 1 fully saturated rings. The average molecular weight is 235 g/mol. The number of benzene rings is 1. The second-order valence-corrected chi connectivity index (χ2v) is 4.03. The van der Waals surface area contributed by atoms with E-state index in [4.69, 9.17) is 10.5 Å². The van der Waals surface area contributed by atoms with Gasteiger partial charge in [-0.25, -0.2) is 4.79 Å². The number of anilines is 1. The Morgan fingerprint density at radius 3 is 2.59 bits per heavy atom. The lowest BCUT2D eigenvalue weighted by Gasteiger charge is -2.26. The average Bonchev–Trinajstić information content (AvgIpc) is 2.39. The fourth-order valence-electron chi connectivity index (χ4n) is 1.70. The number of ether oxygens (including phenoxy) is 1. The zero-order chi connectivity index (χ0) is 12.1. The van der Waals surface area contributed by atoms with E-state index in [-0.39, 0.29) is 6.09 Å². The number of carbonyl (C=O) groups is 1. The molecule has 17 heavy (non-hydrogen) atoms. The van der Waals surface area contributed by atoms with Crippen LogP contribution in [0.1, 0.15) is 5.56 Å². The molecule has 1 aromatic carbocycles. The highest BCUT2D eigenvalue weighted by Gasteiger charge is 2.16. The van der Waals surface area contributed by atoms with Crippen LogP contribution in [-0.2, 0) is 11.3 Å². The number of hydrogen-bond donors (Lipinski definition) is 2. The molecule has 0 atom stereocenters. The summed E-state index contributed by atoms with van der Waals surface area (Å²) in [5.74, 6) is 0. The van der Waals surface area contributed by atoms with E-state index < -0.39 is 0 Å². The van der Waals surface area contributed by atoms with Crippen molar-refractivity contribution in [2.45, 2.75) is 6.61 Å². The lowest BCUT2D eigenvalue weighted by Crippen LogP contribution is -2.46. The molecule has 5 heteroatoms. The van der Waals surface area contributed by atoms with Crippen molar-refractivity contribution in [1.29, 1.82) is 0 Å². The summed E-state index contributed by atoms with van der Waals surface area (Å²) in [6, 6.07) is 7.32. The Bertz CT molecular complexity index is 372. The molecular weight excluding hydrogens is 218 g/mol. The molecule has 1 aliphatic rings. The van der Waals surface area contributed by atoms with Crippen LogP contribution in [-0.4, -0.2) is 37.2 Å². The third-order valence-corrected chi connectivity index (χ3v) is 2.72. The fourth-order valence-corrected chi connectivity index (χ4v) is 1.70. The summed E-state index contributed by atoms with van der Waals surface area (Å²) in [4.78, 5) is 13.4. The van der Waals surface area contributed by atoms with Crippen molar-refractivity contribution in [2.75, 3.05) is 31.9 Å². The highest BCUT2D eigenvalue weighted by Crippen LogP contribution is 2.07. The second-order valence-electron chi connectivity index (χ2n) is 4.03. The number of amides is 1. The highest BCUT2D eigenvalue weighted by molar-refractivity contribution is 5.67. The van der Waals surface area contributed by atoms with Crippen molar-refractivity contribution in [2.24, 2.45) is 0 Å². The number of nitrogens with zero attached hydrogens (tertiary/aromatic N) is 1. The van der Waals surface area contributed by atoms with Gasteiger partial charge in [-0.1, -0.05) is 12.1 Å². The lowest BCUT2D eigenvalue weighted by atomic mass is 10.2. The van der Waals surface area contributed by atoms with E-state index in [9.17, 15) is 4.79 Å². The monoisotopic (exact) mass is 235 g/mol. The predicted molar refractivity (Wildman–Crippen MR) is 65.5 cm³/mol. The van der Waals surface area contributed by atoms with Crippen LogP contribution in [0.2, 0.25) is 0 Å². The van der Waals surface area contributed by atoms with Crippen molar-refractivity contribution in [1.82, 2.24) is 10.2 Å². The summed E-state index contributed by atoms with van der Waals surface area (Å²) < 4.78 is 5.23. The lowest BCUT2D eigenvalue weighted by molar-refractivity contribution is 0.0918. The summed E-state index contributed by atoms with van der Waals surface area (Å²) in [5, 5.41) is 3.19. The van der Waals surface area contributed by atoms with Crippen LogP contribution in [0.5, 0.6) is 0 Å². The van der Waals surface area contributed by atoms with Gasteiger partial charge in [0.05, 0.1) is 0 Å². The topological polar surface area (TPSA) is 67.6 Å². The van der Waals surface area contributed by atoms with Crippen molar-refractivity contribution < 1.29 is 9.53 Å². The largest absolute Gasteiger partial charge is 0.445 e. The van der Waals surface area contributed by atoms with Gasteiger partial charge >= 0.3 is 6.09 Å². The fraction of sp³-hybridized carbons (Fsp3) is 0.417. The summed E-state index contributed by atoms with van der Waals surface area (Å²) in [6.07, 6.45) is -0.247. The summed E-state index contributed by atoms with van der Waals surface area (Å²) >= 11 is 0. The Hall–Kier alpha value is -1.75. The molecule has 0 spiro atoms. The Kier molecular flexibility index (Phi) is 3.82. The highest BCUT2D eigenvalue weighted by atomic mass is 16.6. The van der Waals surface area contributed by atoms with Crippen LogP contribution in [0, 0.1) is 0 Å². The van der Waals surface area contributed by atoms with E-state index in [1.54, 1.807) is 17.0 Å². The number of nitrogens with two attached hydrogens (primary N) is 1. The van der Waals surface area contributed by atoms with E-state index in [1.807, 2.05) is 12.1 Å². The van der Waals surface area contributed by atoms with Gasteiger partial charge < -0.3 is 20.7 Å². The summed E-state index contributed by atoms with van der Waals surface area (Å²) in [7, 11) is 0. The van der Waals surface area contributed by atoms with Crippen LogP contribution in [0.4, 0.5) is 10.5 Å². The van der Waals surface area contributed by atoms with E-state index >= 15 is 0 Å². The Balaban J connectivity index is 1.81. The molecule has 0 aromatic heterocycles. The van der Waals surface area contributed by atoms with Crippen LogP contribution >= 0.6 is 0 Å². The Morgan fingerprint density at radius 2 is 1.94 bits per heavy atom. The van der Waals surface area contributed by atoms with Crippen LogP contribution < -0.4 is 11.1 Å². The van der Waals surface area contributed by atoms with Crippen LogP contribution in [0.3, 0.4) is 0 Å². The van der Waals surface area contributed by atoms with Crippen LogP contribution in [0.15, 0.2) is 24.3 Å². The minimum Gasteiger partial charge on any atom is -0.445 e. The van der Waals surface area contributed by atoms with Gasteiger partial charge in [0.25, 0.3) is 0 Å². The van der Waals surface area contributed by atoms with Crippen molar-refractivity contribution in [3.63, 3.8) is 0 Å². The number of rotatable bonds is 2. The normalized spacial score (nSPS) is 15.6. The zero-order valence-electron chi connectivity index (χ0n) is 9.69. The van der Waals surface area contributed by atoms with Crippen molar-refractivity contribution >= 4 is 11.8 Å². The molecule has 1 saturated heterocycles. The molecule has 0 unspecified atom stereocenters. The molecule has 2 rings (SSSR count). The van der Waals surface area contributed by atoms with E-state index in [0.717, 1.165) is 18.7 Å². The maximum Gasteiger partial charge on any atom is 0.410 e. The van der Waals surface area contributed by atoms with Gasteiger partial charge in [0.15, 0.2) is 0 Å². The van der Waals surface area contributed by atoms with Gasteiger partial charge in [-0.2, -0.15) is 0 Å². The number of carbonyl (C=O) groups excluding carboxylic acids is 1. The molecule has 92 valence electrons. The first-order chi connectivity index (χ1) is 8.25. The molecule has 1 aliphatic heterocycles. The van der Waals surface area contributed by atoms with Crippen molar-refractivity contribution in [3.8, 4) is 0 Å². The quantitative estimate of drug-likeness (QED) is 0.744. The van der Waals surface area contributed by atoms with Gasteiger partial charge in [0.1, 0.15) is 6.61 Å². The molecule has 3 N–H and O–H groups in total. The smallest absolute Gasteiger partial charge is 0.410 e. The number of piperazine rings is 1. The predicted octanol–water partition coefficient (Wildman–Crippen LogP) is 0.811. The number of nitrogens with one attached hydrogen (secondary N) is 1. The minimum absolute atomic E-state index is 0.247. The first-order valence-corrected chi connectivity index (χ1v) is 5.72. The van der Waals surface area contributed by atoms with E-state index in [1.165, 1.54) is 0 Å². The standard InChI is InChI=1S/C12H17N3O2/c13-11-3-1-10(2-4-11)9-17-12(16)15-7-5-14-6-8-15/h1-4,14H,5-9,13H2. The molecule has 0 saturated carbocycles. The van der Waals surface area contributed by atoms with E-state index in [2.05, 4.69) is 5.32 Å². The minimum atomic E-state index is -0.247. The third kappa shape index (κ3) is 3.35. The zero-order valence-corrected chi connectivity index (χ0v) is 9.69. The van der Waals surface area contributed by atoms with Gasteiger partial charge in [0, 0.05) is 31.9 Å². The van der Waals surface area contributed by atoms with Gasteiger partial charge in [-0.3, -0.25) is 0 Å². The SMILES string of the molecule is Nc1ccc(COC(=O)N2CCNCC2)cc1. The van der Waals surface area contributed by atoms with Gasteiger partial charge in [-0.15, -0.1) is 0 Å². The maximum atomic E-state index is 11.7. The van der Waals surface area contributed by atoms with Gasteiger partial charge in [0.2, 0.25) is 0 Å². The summed E-state index contributed by atoms with van der Waals surface area (Å²) in [5.41, 5.74) is 7.23.